The van der Waals surface area contributed by atoms with Crippen molar-refractivity contribution in [2.45, 2.75) is 103 Å². The van der Waals surface area contributed by atoms with E-state index in [0.717, 1.165) is 86.1 Å². The zero-order valence-electron chi connectivity index (χ0n) is 37.8. The van der Waals surface area contributed by atoms with E-state index in [4.69, 9.17) is 9.26 Å². The zero-order valence-corrected chi connectivity index (χ0v) is 41.8. The summed E-state index contributed by atoms with van der Waals surface area (Å²) in [6.45, 7) is 8.43. The molecule has 1 atom stereocenters. The van der Waals surface area contributed by atoms with Gasteiger partial charge in [0.2, 0.25) is 7.37 Å². The molecule has 2 aliphatic carbocycles. The molecule has 0 radical (unpaired) electrons. The van der Waals surface area contributed by atoms with Crippen LogP contribution in [0.3, 0.4) is 0 Å². The van der Waals surface area contributed by atoms with Gasteiger partial charge in [-0.3, -0.25) is 28.9 Å². The van der Waals surface area contributed by atoms with Gasteiger partial charge in [-0.2, -0.15) is 0 Å². The third kappa shape index (κ3) is 21.9. The Morgan fingerprint density at radius 1 is 0.820 bits per heavy atom. The van der Waals surface area contributed by atoms with Crippen molar-refractivity contribution in [1.82, 2.24) is 29.1 Å². The minimum atomic E-state index is -2.65. The van der Waals surface area contributed by atoms with Gasteiger partial charge in [0, 0.05) is 107 Å². The first-order valence-corrected chi connectivity index (χ1v) is 23.3. The van der Waals surface area contributed by atoms with E-state index < -0.39 is 13.0 Å². The van der Waals surface area contributed by atoms with Gasteiger partial charge in [0.15, 0.2) is 12.1 Å². The third-order valence-corrected chi connectivity index (χ3v) is 11.6. The molecule has 4 aromatic rings. The number of Topliss-reactive ketones (excluding diaryl/α,β-unsaturated/α-hetero) is 1. The number of hydrogen-bond donors (Lipinski definition) is 0. The van der Waals surface area contributed by atoms with Crippen LogP contribution in [-0.4, -0.2) is 85.7 Å². The minimum Gasteiger partial charge on any atom is -0.850 e. The fourth-order valence-corrected chi connectivity index (χ4v) is 7.65. The standard InChI is InChI=1S/C18H21N3O.C10H9N3O.C10H19O3P.C4H8O.C4H9O.K/c1-21-12-17(20-13-21)16-11-19-10-9-14(16)7-8-18(22)15-5-3-2-4-6-15;1-13-5-10(12-7-13)9-4-11-3-2-8(9)6-14;1-13-14(2,12)8-10(11)9-6-4-3-5-7-9;1-2-4-5-3-1;1-4(2,3)5;/h7-13,15H,2-6H2,1H3;2-7H,1H3;9H,3-8H2,1-2H3;1-4H2;1-3H3;/q;;;;-1;+1/b8-7+;;;;;. The van der Waals surface area contributed by atoms with Crippen molar-refractivity contribution in [3.63, 3.8) is 0 Å². The van der Waals surface area contributed by atoms with Crippen molar-refractivity contribution in [1.29, 1.82) is 0 Å². The first kappa shape index (κ1) is 54.4. The molecule has 328 valence electrons. The number of pyridine rings is 2. The molecule has 2 saturated carbocycles. The van der Waals surface area contributed by atoms with E-state index in [0.29, 0.717) is 5.56 Å². The summed E-state index contributed by atoms with van der Waals surface area (Å²) in [5.74, 6) is 0.748. The molecular formula is C46H66KN6O7P. The average molecular weight is 885 g/mol. The Balaban J connectivity index is 0.000000288. The van der Waals surface area contributed by atoms with Crippen LogP contribution in [0.2, 0.25) is 0 Å². The predicted octanol–water partition coefficient (Wildman–Crippen LogP) is 5.58. The van der Waals surface area contributed by atoms with E-state index in [1.165, 1.54) is 52.3 Å². The van der Waals surface area contributed by atoms with Crippen molar-refractivity contribution in [2.75, 3.05) is 33.2 Å². The molecule has 4 aromatic heterocycles. The van der Waals surface area contributed by atoms with Crippen LogP contribution in [0.1, 0.15) is 114 Å². The van der Waals surface area contributed by atoms with Crippen LogP contribution in [0, 0.1) is 11.8 Å². The summed E-state index contributed by atoms with van der Waals surface area (Å²) < 4.78 is 25.1. The van der Waals surface area contributed by atoms with Crippen molar-refractivity contribution < 1.29 is 84.7 Å². The Labute approximate surface area is 405 Å². The topological polar surface area (TPSA) is 171 Å². The summed E-state index contributed by atoms with van der Waals surface area (Å²) in [4.78, 5) is 51.4. The molecule has 61 heavy (non-hydrogen) atoms. The number of aryl methyl sites for hydroxylation is 2. The van der Waals surface area contributed by atoms with Crippen molar-refractivity contribution in [3.8, 4) is 22.5 Å². The molecule has 0 aromatic carbocycles. The second-order valence-corrected chi connectivity index (χ2v) is 19.3. The van der Waals surface area contributed by atoms with Gasteiger partial charge in [-0.25, -0.2) is 9.97 Å². The summed E-state index contributed by atoms with van der Waals surface area (Å²) in [5, 5.41) is 10.1. The summed E-state index contributed by atoms with van der Waals surface area (Å²) in [6, 6.07) is 3.60. The van der Waals surface area contributed by atoms with Crippen LogP contribution in [-0.2, 0) is 37.5 Å². The molecule has 1 unspecified atom stereocenters. The number of rotatable bonds is 10. The number of carbonyl (C=O) groups is 3. The second-order valence-electron chi connectivity index (χ2n) is 16.6. The van der Waals surface area contributed by atoms with E-state index in [1.807, 2.05) is 47.8 Å². The summed E-state index contributed by atoms with van der Waals surface area (Å²) in [6.07, 6.45) is 32.3. The first-order chi connectivity index (χ1) is 28.6. The van der Waals surface area contributed by atoms with Crippen LogP contribution in [0.25, 0.3) is 28.6 Å². The van der Waals surface area contributed by atoms with E-state index in [9.17, 15) is 24.1 Å². The van der Waals surface area contributed by atoms with Gasteiger partial charge < -0.3 is 23.5 Å². The number of imidazole rings is 2. The fourth-order valence-electron chi connectivity index (χ4n) is 6.70. The number of allylic oxidation sites excluding steroid dienone is 1. The van der Waals surface area contributed by atoms with Gasteiger partial charge in [-0.15, -0.1) is 5.60 Å². The molecule has 0 bridgehead atoms. The molecule has 3 fully saturated rings. The Hall–Kier alpha value is -2.78. The quantitative estimate of drug-likeness (QED) is 0.0844. The molecule has 0 spiro atoms. The molecule has 3 aliphatic rings. The molecular weight excluding hydrogens is 819 g/mol. The second kappa shape index (κ2) is 28.8. The normalized spacial score (nSPS) is 16.4. The first-order valence-electron chi connectivity index (χ1n) is 21.0. The van der Waals surface area contributed by atoms with E-state index in [-0.39, 0.29) is 80.9 Å². The number of ketones is 2. The van der Waals surface area contributed by atoms with Crippen LogP contribution in [0.15, 0.2) is 68.0 Å². The Bertz CT molecular complexity index is 1960. The van der Waals surface area contributed by atoms with Gasteiger partial charge in [-0.1, -0.05) is 65.4 Å². The minimum absolute atomic E-state index is 0. The molecule has 15 heteroatoms. The van der Waals surface area contributed by atoms with E-state index >= 15 is 0 Å². The monoisotopic (exact) mass is 884 g/mol. The molecule has 0 amide bonds. The van der Waals surface area contributed by atoms with Crippen molar-refractivity contribution in [3.05, 3.63) is 79.2 Å². The van der Waals surface area contributed by atoms with Crippen LogP contribution < -0.4 is 56.5 Å². The van der Waals surface area contributed by atoms with E-state index in [2.05, 4.69) is 19.9 Å². The number of ether oxygens (including phenoxy) is 1. The smallest absolute Gasteiger partial charge is 0.850 e. The predicted molar refractivity (Wildman–Crippen MR) is 236 cm³/mol. The maximum Gasteiger partial charge on any atom is 1.00 e. The Morgan fingerprint density at radius 2 is 1.28 bits per heavy atom. The number of aldehydes is 1. The number of carbonyl (C=O) groups excluding carboxylic acids is 3. The molecule has 1 aliphatic heterocycles. The summed E-state index contributed by atoms with van der Waals surface area (Å²) in [5.41, 5.74) is 4.21. The van der Waals surface area contributed by atoms with Gasteiger partial charge >= 0.3 is 51.4 Å². The number of aromatic nitrogens is 6. The maximum atomic E-state index is 12.3. The summed E-state index contributed by atoms with van der Waals surface area (Å²) >= 11 is 0. The maximum absolute atomic E-state index is 12.3. The fraction of sp³-hybridized carbons (Fsp3) is 0.543. The molecule has 13 nitrogen and oxygen atoms in total. The average Bonchev–Trinajstić information content (AvgIpc) is 4.06. The molecule has 1 saturated heterocycles. The van der Waals surface area contributed by atoms with Gasteiger partial charge in [0.25, 0.3) is 0 Å². The Morgan fingerprint density at radius 3 is 1.69 bits per heavy atom. The largest absolute Gasteiger partial charge is 1.00 e. The third-order valence-electron chi connectivity index (χ3n) is 9.95. The van der Waals surface area contributed by atoms with Crippen LogP contribution in [0.4, 0.5) is 0 Å². The zero-order chi connectivity index (χ0) is 44.0. The van der Waals surface area contributed by atoms with Gasteiger partial charge in [-0.05, 0) is 62.3 Å². The van der Waals surface area contributed by atoms with Crippen molar-refractivity contribution >= 4 is 31.3 Å². The number of nitrogens with zero attached hydrogens (tertiary/aromatic N) is 6. The van der Waals surface area contributed by atoms with Crippen molar-refractivity contribution in [2.24, 2.45) is 25.9 Å². The van der Waals surface area contributed by atoms with Crippen LogP contribution in [0.5, 0.6) is 0 Å². The summed E-state index contributed by atoms with van der Waals surface area (Å²) in [7, 11) is 2.59. The number of hydrogen-bond acceptors (Lipinski definition) is 11. The molecule has 7 rings (SSSR count). The SMILES string of the molecule is C1CCOC1.CC(C)(C)[O-].COP(C)(=O)CC(=O)C1CCCCC1.Cn1cnc(-c2cnccc2/C=C/C(=O)C2CCCCC2)c1.Cn1cnc(-c2cnccc2C=O)c1.[K+]. The van der Waals surface area contributed by atoms with E-state index in [1.54, 1.807) is 70.4 Å². The molecule has 5 heterocycles. The Kier molecular flexibility index (Phi) is 25.7. The van der Waals surface area contributed by atoms with Gasteiger partial charge in [0.1, 0.15) is 5.78 Å². The molecule has 0 N–H and O–H groups in total. The van der Waals surface area contributed by atoms with Crippen LogP contribution >= 0.6 is 7.37 Å². The van der Waals surface area contributed by atoms with Gasteiger partial charge in [0.05, 0.1) is 30.2 Å².